The predicted octanol–water partition coefficient (Wildman–Crippen LogP) is 2.60. The Labute approximate surface area is 69.1 Å². The molecule has 3 fully saturated rings. The van der Waals surface area contributed by atoms with Crippen molar-refractivity contribution in [2.24, 2.45) is 11.8 Å². The first-order chi connectivity index (χ1) is 5.11. The summed E-state index contributed by atoms with van der Waals surface area (Å²) < 4.78 is 5.84. The fraction of sp³-hybridized carbons (Fsp3) is 1.00. The Morgan fingerprint density at radius 3 is 2.45 bits per heavy atom. The molecule has 3 rings (SSSR count). The molecule has 1 unspecified atom stereocenters. The van der Waals surface area contributed by atoms with Crippen molar-refractivity contribution in [3.05, 3.63) is 0 Å². The third-order valence-corrected chi connectivity index (χ3v) is 3.41. The molecule has 0 aromatic rings. The van der Waals surface area contributed by atoms with E-state index < -0.39 is 0 Å². The molecule has 1 nitrogen and oxygen atoms in total. The fourth-order valence-electron chi connectivity index (χ4n) is 2.60. The van der Waals surface area contributed by atoms with Crippen LogP contribution < -0.4 is 0 Å². The molecule has 0 N–H and O–H groups in total. The lowest BCUT2D eigenvalue weighted by Gasteiger charge is -2.55. The monoisotopic (exact) mass is 154 g/mol. The van der Waals surface area contributed by atoms with Crippen molar-refractivity contribution in [1.82, 2.24) is 0 Å². The van der Waals surface area contributed by atoms with Gasteiger partial charge in [0.25, 0.3) is 0 Å². The zero-order chi connectivity index (χ0) is 8.06. The Morgan fingerprint density at radius 1 is 1.45 bits per heavy atom. The molecule has 1 saturated carbocycles. The molecule has 0 spiro atoms. The van der Waals surface area contributed by atoms with Gasteiger partial charge in [-0.25, -0.2) is 0 Å². The van der Waals surface area contributed by atoms with Gasteiger partial charge in [0.1, 0.15) is 0 Å². The van der Waals surface area contributed by atoms with Crippen LogP contribution in [0.3, 0.4) is 0 Å². The van der Waals surface area contributed by atoms with Crippen LogP contribution in [0, 0.1) is 11.8 Å². The summed E-state index contributed by atoms with van der Waals surface area (Å²) in [6.07, 6.45) is 4.59. The van der Waals surface area contributed by atoms with Gasteiger partial charge in [-0.05, 0) is 31.6 Å². The smallest absolute Gasteiger partial charge is 0.0683 e. The Morgan fingerprint density at radius 2 is 2.09 bits per heavy atom. The summed E-state index contributed by atoms with van der Waals surface area (Å²) in [5.41, 5.74) is 0.288. The second-order valence-electron chi connectivity index (χ2n) is 4.76. The van der Waals surface area contributed by atoms with Crippen molar-refractivity contribution in [1.29, 1.82) is 0 Å². The van der Waals surface area contributed by atoms with E-state index in [1.807, 2.05) is 0 Å². The van der Waals surface area contributed by atoms with Gasteiger partial charge in [0.2, 0.25) is 0 Å². The zero-order valence-electron chi connectivity index (χ0n) is 7.76. The molecule has 0 aromatic heterocycles. The van der Waals surface area contributed by atoms with Gasteiger partial charge in [-0.2, -0.15) is 0 Å². The van der Waals surface area contributed by atoms with Crippen molar-refractivity contribution < 1.29 is 4.74 Å². The molecule has 3 aliphatic rings. The van der Waals surface area contributed by atoms with Gasteiger partial charge in [0, 0.05) is 6.42 Å². The highest BCUT2D eigenvalue weighted by Gasteiger charge is 2.50. The van der Waals surface area contributed by atoms with Crippen molar-refractivity contribution in [2.75, 3.05) is 0 Å². The van der Waals surface area contributed by atoms with Crippen LogP contribution >= 0.6 is 0 Å². The molecule has 1 heteroatoms. The molecular weight excluding hydrogens is 136 g/mol. The maximum atomic E-state index is 5.84. The Kier molecular flexibility index (Phi) is 1.54. The summed E-state index contributed by atoms with van der Waals surface area (Å²) >= 11 is 0. The standard InChI is InChI=1S/C10H18O/c1-7(2)8-4-5-10(3)6-9(8)11-10/h7-9H,4-6H2,1-3H3/t8?,9-,10-/m0/s1. The summed E-state index contributed by atoms with van der Waals surface area (Å²) in [7, 11) is 0. The molecule has 2 saturated heterocycles. The van der Waals surface area contributed by atoms with Crippen molar-refractivity contribution in [3.8, 4) is 0 Å². The number of ether oxygens (including phenoxy) is 1. The van der Waals surface area contributed by atoms with Crippen LogP contribution in [-0.4, -0.2) is 11.7 Å². The molecule has 2 heterocycles. The Balaban J connectivity index is 1.99. The lowest BCUT2D eigenvalue weighted by Crippen LogP contribution is -2.57. The fourth-order valence-corrected chi connectivity index (χ4v) is 2.60. The first-order valence-corrected chi connectivity index (χ1v) is 4.78. The average Bonchev–Trinajstić information content (AvgIpc) is 1.85. The molecule has 0 radical (unpaired) electrons. The van der Waals surface area contributed by atoms with Gasteiger partial charge in [0.15, 0.2) is 0 Å². The van der Waals surface area contributed by atoms with E-state index >= 15 is 0 Å². The quantitative estimate of drug-likeness (QED) is 0.564. The second kappa shape index (κ2) is 2.22. The molecular formula is C10H18O. The van der Waals surface area contributed by atoms with Crippen LogP contribution in [0.15, 0.2) is 0 Å². The highest BCUT2D eigenvalue weighted by molar-refractivity contribution is 4.99. The van der Waals surface area contributed by atoms with E-state index in [0.717, 1.165) is 11.8 Å². The lowest BCUT2D eigenvalue weighted by atomic mass is 9.68. The molecule has 2 bridgehead atoms. The van der Waals surface area contributed by atoms with E-state index in [-0.39, 0.29) is 5.60 Å². The van der Waals surface area contributed by atoms with Gasteiger partial charge in [-0.3, -0.25) is 0 Å². The van der Waals surface area contributed by atoms with E-state index in [1.54, 1.807) is 0 Å². The van der Waals surface area contributed by atoms with Gasteiger partial charge < -0.3 is 4.74 Å². The van der Waals surface area contributed by atoms with Crippen molar-refractivity contribution >= 4 is 0 Å². The molecule has 2 aliphatic heterocycles. The maximum absolute atomic E-state index is 5.84. The SMILES string of the molecule is CC(C)C1CC[C@@]2(C)C[C@@H]1O2. The van der Waals surface area contributed by atoms with Gasteiger partial charge in [-0.1, -0.05) is 13.8 Å². The van der Waals surface area contributed by atoms with Gasteiger partial charge >= 0.3 is 0 Å². The minimum Gasteiger partial charge on any atom is -0.372 e. The third kappa shape index (κ3) is 1.10. The Hall–Kier alpha value is -0.0400. The first-order valence-electron chi connectivity index (χ1n) is 4.78. The second-order valence-corrected chi connectivity index (χ2v) is 4.76. The largest absolute Gasteiger partial charge is 0.372 e. The van der Waals surface area contributed by atoms with E-state index in [0.29, 0.717) is 6.10 Å². The van der Waals surface area contributed by atoms with Crippen LogP contribution in [-0.2, 0) is 4.74 Å². The molecule has 3 atom stereocenters. The highest BCUT2D eigenvalue weighted by atomic mass is 16.5. The average molecular weight is 154 g/mol. The lowest BCUT2D eigenvalue weighted by molar-refractivity contribution is -0.255. The Bertz CT molecular complexity index is 151. The van der Waals surface area contributed by atoms with E-state index in [1.165, 1.54) is 19.3 Å². The summed E-state index contributed by atoms with van der Waals surface area (Å²) in [5, 5.41) is 0. The van der Waals surface area contributed by atoms with E-state index in [9.17, 15) is 0 Å². The van der Waals surface area contributed by atoms with Gasteiger partial charge in [-0.15, -0.1) is 0 Å². The number of hydrogen-bond acceptors (Lipinski definition) is 1. The molecule has 0 aromatic carbocycles. The van der Waals surface area contributed by atoms with Gasteiger partial charge in [0.05, 0.1) is 11.7 Å². The summed E-state index contributed by atoms with van der Waals surface area (Å²) in [4.78, 5) is 0. The first kappa shape index (κ1) is 7.60. The summed E-state index contributed by atoms with van der Waals surface area (Å²) in [5.74, 6) is 1.65. The summed E-state index contributed by atoms with van der Waals surface area (Å²) in [6.45, 7) is 6.88. The van der Waals surface area contributed by atoms with Crippen molar-refractivity contribution in [3.63, 3.8) is 0 Å². The minimum absolute atomic E-state index is 0.288. The normalized spacial score (nSPS) is 49.1. The highest BCUT2D eigenvalue weighted by Crippen LogP contribution is 2.49. The predicted molar refractivity (Wildman–Crippen MR) is 45.5 cm³/mol. The molecule has 11 heavy (non-hydrogen) atoms. The number of fused-ring (bicyclic) bond motifs is 2. The van der Waals surface area contributed by atoms with Crippen LogP contribution in [0.1, 0.15) is 40.0 Å². The maximum Gasteiger partial charge on any atom is 0.0683 e. The summed E-state index contributed by atoms with van der Waals surface area (Å²) in [6, 6.07) is 0. The topological polar surface area (TPSA) is 9.23 Å². The van der Waals surface area contributed by atoms with Crippen LogP contribution in [0.25, 0.3) is 0 Å². The van der Waals surface area contributed by atoms with Crippen LogP contribution in [0.2, 0.25) is 0 Å². The minimum atomic E-state index is 0.288. The van der Waals surface area contributed by atoms with Crippen LogP contribution in [0.5, 0.6) is 0 Å². The number of hydrogen-bond donors (Lipinski definition) is 0. The zero-order valence-corrected chi connectivity index (χ0v) is 7.76. The molecule has 64 valence electrons. The van der Waals surface area contributed by atoms with Crippen molar-refractivity contribution in [2.45, 2.75) is 51.7 Å². The number of rotatable bonds is 1. The van der Waals surface area contributed by atoms with E-state index in [4.69, 9.17) is 4.74 Å². The molecule has 1 aliphatic carbocycles. The third-order valence-electron chi connectivity index (χ3n) is 3.41. The van der Waals surface area contributed by atoms with E-state index in [2.05, 4.69) is 20.8 Å². The van der Waals surface area contributed by atoms with Crippen LogP contribution in [0.4, 0.5) is 0 Å². The molecule has 0 amide bonds.